The second-order valence-corrected chi connectivity index (χ2v) is 1.56. The monoisotopic (exact) mass is 133 g/mol. The number of H-pyrrole nitrogens is 1. The summed E-state index contributed by atoms with van der Waals surface area (Å²) in [6.45, 7) is 6.58. The van der Waals surface area contributed by atoms with Gasteiger partial charge in [-0.25, -0.2) is 4.85 Å². The Kier molecular flexibility index (Phi) is 1.27. The zero-order chi connectivity index (χ0) is 7.56. The first-order valence-electron chi connectivity index (χ1n) is 2.41. The van der Waals surface area contributed by atoms with Gasteiger partial charge >= 0.3 is 0 Å². The molecule has 1 heterocycles. The number of aromatic nitrogens is 2. The third-order valence-corrected chi connectivity index (χ3v) is 0.991. The summed E-state index contributed by atoms with van der Waals surface area (Å²) in [5, 5.41) is 14.1. The largest absolute Gasteiger partial charge is 0.391 e. The Hall–Kier alpha value is -2.01. The summed E-state index contributed by atoms with van der Waals surface area (Å²) >= 11 is 0. The highest BCUT2D eigenvalue weighted by Gasteiger charge is 2.08. The van der Waals surface area contributed by atoms with Gasteiger partial charge in [0.15, 0.2) is 5.82 Å². The molecule has 0 spiro atoms. The maximum atomic E-state index is 8.34. The third-order valence-electron chi connectivity index (χ3n) is 0.991. The molecule has 0 aliphatic carbocycles. The molecule has 0 bridgehead atoms. The molecule has 0 saturated carbocycles. The van der Waals surface area contributed by atoms with Gasteiger partial charge in [0.1, 0.15) is 11.8 Å². The molecule has 5 heteroatoms. The summed E-state index contributed by atoms with van der Waals surface area (Å²) in [7, 11) is 0. The Balaban J connectivity index is 3.34. The molecule has 48 valence electrons. The molecule has 0 aromatic carbocycles. The van der Waals surface area contributed by atoms with Crippen LogP contribution in [0.4, 0.5) is 11.5 Å². The first-order valence-corrected chi connectivity index (χ1v) is 2.41. The Morgan fingerprint density at radius 3 is 2.90 bits per heavy atom. The minimum absolute atomic E-state index is 0.0755. The molecule has 1 rings (SSSR count). The molecule has 0 fully saturated rings. The molecule has 1 aromatic heterocycles. The number of anilines is 1. The van der Waals surface area contributed by atoms with Gasteiger partial charge in [0, 0.05) is 0 Å². The SMILES string of the molecule is [C-]#[N+]c1c(N)n[nH]c1C#N. The lowest BCUT2D eigenvalue weighted by Gasteiger charge is -1.79. The number of nitriles is 1. The third kappa shape index (κ3) is 0.664. The summed E-state index contributed by atoms with van der Waals surface area (Å²) in [6, 6.07) is 1.76. The van der Waals surface area contributed by atoms with Crippen molar-refractivity contribution >= 4 is 11.5 Å². The van der Waals surface area contributed by atoms with E-state index in [2.05, 4.69) is 15.0 Å². The molecule has 0 saturated heterocycles. The van der Waals surface area contributed by atoms with Gasteiger partial charge in [-0.3, -0.25) is 5.10 Å². The van der Waals surface area contributed by atoms with E-state index in [1.807, 2.05) is 0 Å². The lowest BCUT2D eigenvalue weighted by Crippen LogP contribution is -1.82. The average Bonchev–Trinajstić information content (AvgIpc) is 2.30. The number of nitrogens with one attached hydrogen (secondary N) is 1. The summed E-state index contributed by atoms with van der Waals surface area (Å²) in [6.07, 6.45) is 0. The maximum Gasteiger partial charge on any atom is 0.264 e. The van der Waals surface area contributed by atoms with Crippen LogP contribution in [0.5, 0.6) is 0 Å². The predicted octanol–water partition coefficient (Wildman–Crippen LogP) is 0.414. The number of nitrogen functional groups attached to an aromatic ring is 1. The summed E-state index contributed by atoms with van der Waals surface area (Å²) in [4.78, 5) is 3.01. The van der Waals surface area contributed by atoms with Crippen LogP contribution in [0.2, 0.25) is 0 Å². The summed E-state index contributed by atoms with van der Waals surface area (Å²) < 4.78 is 0. The van der Waals surface area contributed by atoms with Crippen LogP contribution in [-0.4, -0.2) is 10.2 Å². The van der Waals surface area contributed by atoms with Crippen molar-refractivity contribution in [2.45, 2.75) is 0 Å². The van der Waals surface area contributed by atoms with Crippen molar-refractivity contribution in [3.05, 3.63) is 17.1 Å². The van der Waals surface area contributed by atoms with Crippen molar-refractivity contribution in [2.24, 2.45) is 0 Å². The van der Waals surface area contributed by atoms with E-state index < -0.39 is 0 Å². The number of nitrogens with two attached hydrogens (primary N) is 1. The Morgan fingerprint density at radius 1 is 1.80 bits per heavy atom. The molecule has 0 atom stereocenters. The van der Waals surface area contributed by atoms with E-state index in [1.54, 1.807) is 6.07 Å². The number of rotatable bonds is 0. The molecular weight excluding hydrogens is 130 g/mol. The Bertz CT molecular complexity index is 323. The van der Waals surface area contributed by atoms with E-state index in [0.29, 0.717) is 0 Å². The highest BCUT2D eigenvalue weighted by atomic mass is 15.2. The highest BCUT2D eigenvalue weighted by Crippen LogP contribution is 2.22. The Labute approximate surface area is 56.9 Å². The van der Waals surface area contributed by atoms with Gasteiger partial charge < -0.3 is 5.73 Å². The normalized spacial score (nSPS) is 8.20. The van der Waals surface area contributed by atoms with Crippen molar-refractivity contribution in [3.8, 4) is 6.07 Å². The van der Waals surface area contributed by atoms with Crippen LogP contribution in [0.3, 0.4) is 0 Å². The van der Waals surface area contributed by atoms with Gasteiger partial charge in [0.2, 0.25) is 0 Å². The van der Waals surface area contributed by atoms with Crippen molar-refractivity contribution < 1.29 is 0 Å². The zero-order valence-corrected chi connectivity index (χ0v) is 4.92. The van der Waals surface area contributed by atoms with Gasteiger partial charge in [-0.05, 0) is 0 Å². The van der Waals surface area contributed by atoms with E-state index in [9.17, 15) is 0 Å². The molecule has 5 nitrogen and oxygen atoms in total. The second kappa shape index (κ2) is 2.08. The van der Waals surface area contributed by atoms with E-state index in [4.69, 9.17) is 17.6 Å². The lowest BCUT2D eigenvalue weighted by molar-refractivity contribution is 1.08. The first-order chi connectivity index (χ1) is 4.79. The van der Waals surface area contributed by atoms with Crippen LogP contribution < -0.4 is 5.73 Å². The van der Waals surface area contributed by atoms with Gasteiger partial charge in [-0.1, -0.05) is 0 Å². The molecule has 1 aromatic rings. The maximum absolute atomic E-state index is 8.34. The minimum atomic E-state index is 0.0755. The molecule has 0 unspecified atom stereocenters. The lowest BCUT2D eigenvalue weighted by atomic mass is 10.4. The smallest absolute Gasteiger partial charge is 0.264 e. The number of aromatic amines is 1. The van der Waals surface area contributed by atoms with Crippen LogP contribution in [-0.2, 0) is 0 Å². The van der Waals surface area contributed by atoms with Crippen molar-refractivity contribution in [2.75, 3.05) is 5.73 Å². The van der Waals surface area contributed by atoms with Crippen LogP contribution in [0, 0.1) is 17.9 Å². The van der Waals surface area contributed by atoms with E-state index in [0.717, 1.165) is 0 Å². The van der Waals surface area contributed by atoms with Crippen LogP contribution in [0.15, 0.2) is 0 Å². The quantitative estimate of drug-likeness (QED) is 0.503. The molecule has 3 N–H and O–H groups in total. The topological polar surface area (TPSA) is 82.8 Å². The zero-order valence-electron chi connectivity index (χ0n) is 4.92. The van der Waals surface area contributed by atoms with E-state index in [1.165, 1.54) is 0 Å². The number of nitrogens with zero attached hydrogens (tertiary/aromatic N) is 3. The van der Waals surface area contributed by atoms with Crippen LogP contribution in [0.1, 0.15) is 5.69 Å². The van der Waals surface area contributed by atoms with Gasteiger partial charge in [-0.2, -0.15) is 10.4 Å². The number of hydrogen-bond acceptors (Lipinski definition) is 3. The summed E-state index contributed by atoms with van der Waals surface area (Å²) in [5.41, 5.74) is 5.44. The second-order valence-electron chi connectivity index (χ2n) is 1.56. The van der Waals surface area contributed by atoms with Crippen LogP contribution >= 0.6 is 0 Å². The van der Waals surface area contributed by atoms with E-state index in [-0.39, 0.29) is 17.2 Å². The summed E-state index contributed by atoms with van der Waals surface area (Å²) in [5.74, 6) is 0.0755. The fourth-order valence-corrected chi connectivity index (χ4v) is 0.541. The standard InChI is InChI=1S/C5H3N5/c1-8-4-3(2-6)9-10-5(4)7/h(H3,7,9,10). The van der Waals surface area contributed by atoms with Crippen molar-refractivity contribution in [1.82, 2.24) is 10.2 Å². The molecular formula is C5H3N5. The average molecular weight is 133 g/mol. The fraction of sp³-hybridized carbons (Fsp3) is 0. The molecule has 0 amide bonds. The molecule has 0 aliphatic rings. The highest BCUT2D eigenvalue weighted by molar-refractivity contribution is 5.68. The predicted molar refractivity (Wildman–Crippen MR) is 34.0 cm³/mol. The fourth-order valence-electron chi connectivity index (χ4n) is 0.541. The molecule has 0 radical (unpaired) electrons. The van der Waals surface area contributed by atoms with E-state index >= 15 is 0 Å². The van der Waals surface area contributed by atoms with Crippen molar-refractivity contribution in [1.29, 1.82) is 5.26 Å². The number of hydrogen-bond donors (Lipinski definition) is 2. The minimum Gasteiger partial charge on any atom is -0.391 e. The van der Waals surface area contributed by atoms with Gasteiger partial charge in [0.25, 0.3) is 5.69 Å². The van der Waals surface area contributed by atoms with Gasteiger partial charge in [0.05, 0.1) is 6.57 Å². The van der Waals surface area contributed by atoms with Gasteiger partial charge in [-0.15, -0.1) is 0 Å². The Morgan fingerprint density at radius 2 is 2.50 bits per heavy atom. The van der Waals surface area contributed by atoms with Crippen LogP contribution in [0.25, 0.3) is 4.85 Å². The first kappa shape index (κ1) is 6.12. The van der Waals surface area contributed by atoms with Crippen molar-refractivity contribution in [3.63, 3.8) is 0 Å². The molecule has 10 heavy (non-hydrogen) atoms. The molecule has 0 aliphatic heterocycles.